The third kappa shape index (κ3) is 3.72. The zero-order valence-corrected chi connectivity index (χ0v) is 11.3. The second-order valence-electron chi connectivity index (χ2n) is 4.51. The molecular formula is C14H24N2O. The monoisotopic (exact) mass is 236 g/mol. The van der Waals surface area contributed by atoms with Crippen LogP contribution >= 0.6 is 0 Å². The van der Waals surface area contributed by atoms with Gasteiger partial charge in [0.15, 0.2) is 0 Å². The lowest BCUT2D eigenvalue weighted by molar-refractivity contribution is 0.270. The molecule has 0 aliphatic carbocycles. The van der Waals surface area contributed by atoms with Gasteiger partial charge in [-0.25, -0.2) is 0 Å². The molecule has 0 saturated carbocycles. The van der Waals surface area contributed by atoms with Gasteiger partial charge in [-0.05, 0) is 38.1 Å². The van der Waals surface area contributed by atoms with Gasteiger partial charge in [0.05, 0.1) is 6.61 Å². The minimum atomic E-state index is 0.145. The first-order valence-corrected chi connectivity index (χ1v) is 6.27. The van der Waals surface area contributed by atoms with Gasteiger partial charge in [0.2, 0.25) is 0 Å². The van der Waals surface area contributed by atoms with Crippen LogP contribution in [0.2, 0.25) is 0 Å². The third-order valence-corrected chi connectivity index (χ3v) is 3.24. The minimum absolute atomic E-state index is 0.145. The molecule has 0 aliphatic rings. The summed E-state index contributed by atoms with van der Waals surface area (Å²) >= 11 is 0. The number of likely N-dealkylation sites (N-methyl/N-ethyl adjacent to an activating group) is 1. The van der Waals surface area contributed by atoms with Crippen LogP contribution in [0.5, 0.6) is 0 Å². The fourth-order valence-corrected chi connectivity index (χ4v) is 1.80. The van der Waals surface area contributed by atoms with Crippen LogP contribution in [0.3, 0.4) is 0 Å². The number of hydrogen-bond acceptors (Lipinski definition) is 3. The van der Waals surface area contributed by atoms with Crippen LogP contribution in [0.4, 0.5) is 5.69 Å². The molecular weight excluding hydrogens is 212 g/mol. The van der Waals surface area contributed by atoms with Gasteiger partial charge >= 0.3 is 0 Å². The van der Waals surface area contributed by atoms with Crippen LogP contribution in [0.25, 0.3) is 0 Å². The van der Waals surface area contributed by atoms with Crippen molar-refractivity contribution in [2.45, 2.75) is 32.9 Å². The average Bonchev–Trinajstić information content (AvgIpc) is 2.37. The van der Waals surface area contributed by atoms with Crippen LogP contribution in [0.1, 0.15) is 32.4 Å². The van der Waals surface area contributed by atoms with Gasteiger partial charge in [0.1, 0.15) is 0 Å². The Labute approximate surface area is 104 Å². The summed E-state index contributed by atoms with van der Waals surface area (Å²) in [5.41, 5.74) is 2.43. The summed E-state index contributed by atoms with van der Waals surface area (Å²) in [6.45, 7) is 7.44. The standard InChI is InChI=1S/C14H24N2O/c1-5-15-12(3)13-6-8-14(9-7-13)16(4)11(2)10-17/h6-9,11-12,15,17H,5,10H2,1-4H3. The minimum Gasteiger partial charge on any atom is -0.394 e. The molecule has 0 fully saturated rings. The molecule has 1 aromatic carbocycles. The highest BCUT2D eigenvalue weighted by atomic mass is 16.3. The number of aliphatic hydroxyl groups is 1. The van der Waals surface area contributed by atoms with Gasteiger partial charge in [-0.15, -0.1) is 0 Å². The first kappa shape index (κ1) is 14.0. The number of anilines is 1. The molecule has 1 aromatic rings. The number of benzene rings is 1. The van der Waals surface area contributed by atoms with Gasteiger partial charge < -0.3 is 15.3 Å². The number of aliphatic hydroxyl groups excluding tert-OH is 1. The molecule has 0 amide bonds. The molecule has 3 heteroatoms. The summed E-state index contributed by atoms with van der Waals surface area (Å²) in [4.78, 5) is 2.09. The Balaban J connectivity index is 2.73. The van der Waals surface area contributed by atoms with Crippen LogP contribution in [-0.2, 0) is 0 Å². The molecule has 0 heterocycles. The maximum Gasteiger partial charge on any atom is 0.0632 e. The Morgan fingerprint density at radius 3 is 2.29 bits per heavy atom. The molecule has 0 aromatic heterocycles. The van der Waals surface area contributed by atoms with Gasteiger partial charge in [-0.2, -0.15) is 0 Å². The lowest BCUT2D eigenvalue weighted by Gasteiger charge is -2.26. The van der Waals surface area contributed by atoms with Crippen molar-refractivity contribution in [3.05, 3.63) is 29.8 Å². The lowest BCUT2D eigenvalue weighted by atomic mass is 10.1. The first-order valence-electron chi connectivity index (χ1n) is 6.27. The summed E-state index contributed by atoms with van der Waals surface area (Å²) in [7, 11) is 2.00. The Morgan fingerprint density at radius 1 is 1.24 bits per heavy atom. The predicted molar refractivity (Wildman–Crippen MR) is 73.5 cm³/mol. The fourth-order valence-electron chi connectivity index (χ4n) is 1.80. The van der Waals surface area contributed by atoms with Gasteiger partial charge in [0.25, 0.3) is 0 Å². The van der Waals surface area contributed by atoms with Gasteiger partial charge in [-0.1, -0.05) is 19.1 Å². The highest BCUT2D eigenvalue weighted by Gasteiger charge is 2.09. The molecule has 1 rings (SSSR count). The topological polar surface area (TPSA) is 35.5 Å². The van der Waals surface area contributed by atoms with E-state index >= 15 is 0 Å². The van der Waals surface area contributed by atoms with Crippen molar-refractivity contribution < 1.29 is 5.11 Å². The van der Waals surface area contributed by atoms with Crippen molar-refractivity contribution in [1.82, 2.24) is 5.32 Å². The van der Waals surface area contributed by atoms with Crippen LogP contribution in [0.15, 0.2) is 24.3 Å². The van der Waals surface area contributed by atoms with Gasteiger partial charge in [-0.3, -0.25) is 0 Å². The molecule has 2 atom stereocenters. The van der Waals surface area contributed by atoms with E-state index in [-0.39, 0.29) is 12.6 Å². The van der Waals surface area contributed by atoms with E-state index in [0.29, 0.717) is 6.04 Å². The van der Waals surface area contributed by atoms with E-state index in [4.69, 9.17) is 5.11 Å². The molecule has 3 nitrogen and oxygen atoms in total. The van der Waals surface area contributed by atoms with E-state index in [9.17, 15) is 0 Å². The van der Waals surface area contributed by atoms with Crippen molar-refractivity contribution in [2.75, 3.05) is 25.1 Å². The summed E-state index contributed by atoms with van der Waals surface area (Å²) < 4.78 is 0. The largest absolute Gasteiger partial charge is 0.394 e. The molecule has 2 N–H and O–H groups in total. The second kappa shape index (κ2) is 6.62. The molecule has 0 bridgehead atoms. The molecule has 0 radical (unpaired) electrons. The lowest BCUT2D eigenvalue weighted by Crippen LogP contribution is -2.31. The van der Waals surface area contributed by atoms with E-state index in [1.165, 1.54) is 5.56 Å². The Bertz CT molecular complexity index is 323. The maximum absolute atomic E-state index is 9.13. The number of nitrogens with one attached hydrogen (secondary N) is 1. The summed E-state index contributed by atoms with van der Waals surface area (Å²) in [6.07, 6.45) is 0. The van der Waals surface area contributed by atoms with Crippen molar-refractivity contribution >= 4 is 5.69 Å². The van der Waals surface area contributed by atoms with E-state index in [2.05, 4.69) is 48.3 Å². The van der Waals surface area contributed by atoms with E-state index in [1.807, 2.05) is 14.0 Å². The normalized spacial score (nSPS) is 14.4. The number of rotatable bonds is 6. The summed E-state index contributed by atoms with van der Waals surface area (Å²) in [5.74, 6) is 0. The summed E-state index contributed by atoms with van der Waals surface area (Å²) in [6, 6.07) is 9.03. The van der Waals surface area contributed by atoms with Crippen LogP contribution < -0.4 is 10.2 Å². The predicted octanol–water partition coefficient (Wildman–Crippen LogP) is 2.17. The smallest absolute Gasteiger partial charge is 0.0632 e. The van der Waals surface area contributed by atoms with Gasteiger partial charge in [0, 0.05) is 24.8 Å². The quantitative estimate of drug-likeness (QED) is 0.794. The first-order chi connectivity index (χ1) is 8.10. The molecule has 0 spiro atoms. The van der Waals surface area contributed by atoms with E-state index in [0.717, 1.165) is 12.2 Å². The van der Waals surface area contributed by atoms with Crippen molar-refractivity contribution in [3.63, 3.8) is 0 Å². The SMILES string of the molecule is CCNC(C)c1ccc(N(C)C(C)CO)cc1. The van der Waals surface area contributed by atoms with Crippen LogP contribution in [0, 0.1) is 0 Å². The number of hydrogen-bond donors (Lipinski definition) is 2. The Morgan fingerprint density at radius 2 is 1.82 bits per heavy atom. The van der Waals surface area contributed by atoms with Crippen LogP contribution in [-0.4, -0.2) is 31.3 Å². The zero-order valence-electron chi connectivity index (χ0n) is 11.3. The molecule has 0 aliphatic heterocycles. The summed E-state index contributed by atoms with van der Waals surface area (Å²) in [5, 5.41) is 12.5. The second-order valence-corrected chi connectivity index (χ2v) is 4.51. The van der Waals surface area contributed by atoms with Crippen molar-refractivity contribution in [1.29, 1.82) is 0 Å². The molecule has 96 valence electrons. The molecule has 17 heavy (non-hydrogen) atoms. The number of nitrogens with zero attached hydrogens (tertiary/aromatic N) is 1. The highest BCUT2D eigenvalue weighted by Crippen LogP contribution is 2.19. The van der Waals surface area contributed by atoms with Crippen molar-refractivity contribution in [2.24, 2.45) is 0 Å². The maximum atomic E-state index is 9.13. The molecule has 0 saturated heterocycles. The highest BCUT2D eigenvalue weighted by molar-refractivity contribution is 5.48. The average molecular weight is 236 g/mol. The Hall–Kier alpha value is -1.06. The Kier molecular flexibility index (Phi) is 5.45. The molecule has 2 unspecified atom stereocenters. The zero-order chi connectivity index (χ0) is 12.8. The third-order valence-electron chi connectivity index (χ3n) is 3.24. The van der Waals surface area contributed by atoms with E-state index < -0.39 is 0 Å². The van der Waals surface area contributed by atoms with Crippen molar-refractivity contribution in [3.8, 4) is 0 Å². The van der Waals surface area contributed by atoms with E-state index in [1.54, 1.807) is 0 Å². The fraction of sp³-hybridized carbons (Fsp3) is 0.571.